The van der Waals surface area contributed by atoms with Gasteiger partial charge in [0, 0.05) is 17.7 Å². The molecule has 1 saturated carbocycles. The Kier molecular flexibility index (Phi) is 6.93. The summed E-state index contributed by atoms with van der Waals surface area (Å²) in [5.41, 5.74) is 1.08. The van der Waals surface area contributed by atoms with Gasteiger partial charge in [0.25, 0.3) is 0 Å². The van der Waals surface area contributed by atoms with Crippen LogP contribution in [0.5, 0.6) is 0 Å². The quantitative estimate of drug-likeness (QED) is 0.330. The molecule has 4 rings (SSSR count). The first-order valence-electron chi connectivity index (χ1n) is 11.1. The fourth-order valence-electron chi connectivity index (χ4n) is 4.29. The third kappa shape index (κ3) is 4.53. The molecule has 0 aromatic heterocycles. The predicted octanol–water partition coefficient (Wildman–Crippen LogP) is 4.01. The van der Waals surface area contributed by atoms with Crippen molar-refractivity contribution < 1.29 is 33.4 Å². The Morgan fingerprint density at radius 3 is 2.40 bits per heavy atom. The van der Waals surface area contributed by atoms with E-state index < -0.39 is 23.7 Å². The molecule has 8 nitrogen and oxygen atoms in total. The van der Waals surface area contributed by atoms with E-state index in [1.54, 1.807) is 31.2 Å². The van der Waals surface area contributed by atoms with Crippen molar-refractivity contribution in [3.63, 3.8) is 0 Å². The largest absolute Gasteiger partial charge is 0.465 e. The summed E-state index contributed by atoms with van der Waals surface area (Å²) in [6.07, 6.45) is 9.76. The van der Waals surface area contributed by atoms with Crippen LogP contribution in [0.2, 0.25) is 5.02 Å². The summed E-state index contributed by atoms with van der Waals surface area (Å²) in [7, 11) is 2.39. The van der Waals surface area contributed by atoms with Crippen LogP contribution in [0.15, 0.2) is 59.5 Å². The zero-order valence-corrected chi connectivity index (χ0v) is 20.3. The summed E-state index contributed by atoms with van der Waals surface area (Å²) >= 11 is 6.70. The van der Waals surface area contributed by atoms with E-state index in [2.05, 4.69) is 0 Å². The van der Waals surface area contributed by atoms with Gasteiger partial charge in [-0.25, -0.2) is 14.4 Å². The van der Waals surface area contributed by atoms with Gasteiger partial charge in [-0.15, -0.1) is 0 Å². The van der Waals surface area contributed by atoms with Crippen LogP contribution in [-0.2, 0) is 28.6 Å². The van der Waals surface area contributed by atoms with Crippen LogP contribution in [0.3, 0.4) is 0 Å². The van der Waals surface area contributed by atoms with Gasteiger partial charge in [0.1, 0.15) is 11.3 Å². The smallest absolute Gasteiger partial charge is 0.355 e. The highest BCUT2D eigenvalue weighted by Crippen LogP contribution is 2.49. The normalized spacial score (nSPS) is 19.1. The summed E-state index contributed by atoms with van der Waals surface area (Å²) in [4.78, 5) is 52.6. The fraction of sp³-hybridized carbons (Fsp3) is 0.308. The summed E-state index contributed by atoms with van der Waals surface area (Å²) in [5.74, 6) is -2.57. The van der Waals surface area contributed by atoms with Crippen molar-refractivity contribution in [2.24, 2.45) is 5.92 Å². The molecule has 0 radical (unpaired) electrons. The predicted molar refractivity (Wildman–Crippen MR) is 128 cm³/mol. The zero-order chi connectivity index (χ0) is 25.3. The number of Topliss-reactive ketones (excluding diaryl/α,β-unsaturated/α-hetero) is 1. The first kappa shape index (κ1) is 24.5. The molecule has 9 heteroatoms. The highest BCUT2D eigenvalue weighted by Gasteiger charge is 2.40. The number of carbonyl (C=O) groups excluding carboxylic acids is 4. The third-order valence-corrected chi connectivity index (χ3v) is 6.39. The molecule has 2 aliphatic carbocycles. The Hall–Kier alpha value is -3.65. The summed E-state index contributed by atoms with van der Waals surface area (Å²) in [6, 6.07) is 3.22. The van der Waals surface area contributed by atoms with E-state index in [-0.39, 0.29) is 40.1 Å². The minimum atomic E-state index is -0.801. The Morgan fingerprint density at radius 2 is 1.77 bits per heavy atom. The molecule has 0 bridgehead atoms. The first-order chi connectivity index (χ1) is 16.8. The summed E-state index contributed by atoms with van der Waals surface area (Å²) in [6.45, 7) is 1.82. The van der Waals surface area contributed by atoms with Gasteiger partial charge in [0.15, 0.2) is 5.78 Å². The van der Waals surface area contributed by atoms with E-state index in [0.717, 1.165) is 12.8 Å². The number of hydrogen-bond donors (Lipinski definition) is 0. The minimum Gasteiger partial charge on any atom is -0.465 e. The van der Waals surface area contributed by atoms with E-state index in [9.17, 15) is 19.2 Å². The molecule has 0 N–H and O–H groups in total. The van der Waals surface area contributed by atoms with Gasteiger partial charge in [-0.05, 0) is 55.5 Å². The van der Waals surface area contributed by atoms with Gasteiger partial charge in [0.05, 0.1) is 37.1 Å². The molecule has 1 aromatic carbocycles. The van der Waals surface area contributed by atoms with E-state index in [1.807, 2.05) is 0 Å². The second-order valence-electron chi connectivity index (χ2n) is 8.20. The topological polar surface area (TPSA) is 99.2 Å². The molecule has 3 aliphatic rings. The molecule has 1 unspecified atom stereocenters. The Balaban J connectivity index is 1.89. The van der Waals surface area contributed by atoms with Crippen molar-refractivity contribution in [3.05, 3.63) is 75.6 Å². The van der Waals surface area contributed by atoms with Gasteiger partial charge in [-0.2, -0.15) is 0 Å². The average Bonchev–Trinajstić information content (AvgIpc) is 3.70. The standard InChI is InChI=1S/C26H24ClNO7/c1-4-35-25(31)19-11-16(14-8-9-14)17-12-20(27)21(13-18(17)23(19)29)28-10-6-5-7-15(24(30)33-2)22(28)26(32)34-3/h5-7,10-14,16H,4,8-9H2,1-3H3. The number of fused-ring (bicyclic) bond motifs is 1. The number of anilines is 1. The van der Waals surface area contributed by atoms with Crippen LogP contribution < -0.4 is 4.90 Å². The lowest BCUT2D eigenvalue weighted by atomic mass is 9.80. The molecule has 1 aliphatic heterocycles. The second kappa shape index (κ2) is 9.92. The number of carbonyl (C=O) groups is 4. The maximum absolute atomic E-state index is 13.4. The van der Waals surface area contributed by atoms with Crippen LogP contribution in [0.4, 0.5) is 5.69 Å². The lowest BCUT2D eigenvalue weighted by Crippen LogP contribution is -2.28. The molecule has 0 saturated heterocycles. The number of esters is 3. The van der Waals surface area contributed by atoms with Crippen LogP contribution in [0.25, 0.3) is 0 Å². The molecule has 1 atom stereocenters. The van der Waals surface area contributed by atoms with Crippen molar-refractivity contribution in [2.75, 3.05) is 25.7 Å². The van der Waals surface area contributed by atoms with E-state index in [4.69, 9.17) is 25.8 Å². The lowest BCUT2D eigenvalue weighted by Gasteiger charge is -2.28. The molecular formula is C26H24ClNO7. The van der Waals surface area contributed by atoms with E-state index in [1.165, 1.54) is 37.5 Å². The van der Waals surface area contributed by atoms with Gasteiger partial charge in [-0.1, -0.05) is 23.8 Å². The second-order valence-corrected chi connectivity index (χ2v) is 8.61. The number of rotatable bonds is 6. The lowest BCUT2D eigenvalue weighted by molar-refractivity contribution is -0.139. The number of benzene rings is 1. The summed E-state index contributed by atoms with van der Waals surface area (Å²) in [5, 5.41) is 0.257. The number of nitrogens with zero attached hydrogens (tertiary/aromatic N) is 1. The Bertz CT molecular complexity index is 1240. The first-order valence-corrected chi connectivity index (χ1v) is 11.5. The number of methoxy groups -OCH3 is 2. The highest BCUT2D eigenvalue weighted by atomic mass is 35.5. The van der Waals surface area contributed by atoms with Crippen LogP contribution >= 0.6 is 11.6 Å². The third-order valence-electron chi connectivity index (χ3n) is 6.09. The molecular weight excluding hydrogens is 474 g/mol. The minimum absolute atomic E-state index is 0.0171. The molecule has 1 heterocycles. The molecule has 0 amide bonds. The highest BCUT2D eigenvalue weighted by molar-refractivity contribution is 6.34. The monoisotopic (exact) mass is 497 g/mol. The number of allylic oxidation sites excluding steroid dienone is 3. The van der Waals surface area contributed by atoms with Crippen molar-refractivity contribution in [1.82, 2.24) is 0 Å². The fourth-order valence-corrected chi connectivity index (χ4v) is 4.55. The van der Waals surface area contributed by atoms with Gasteiger partial charge >= 0.3 is 17.9 Å². The molecule has 1 fully saturated rings. The summed E-state index contributed by atoms with van der Waals surface area (Å²) < 4.78 is 14.9. The Labute approximate surface area is 207 Å². The number of ether oxygens (including phenoxy) is 3. The number of hydrogen-bond acceptors (Lipinski definition) is 8. The van der Waals surface area contributed by atoms with Crippen LogP contribution in [0, 0.1) is 5.92 Å². The van der Waals surface area contributed by atoms with Crippen LogP contribution in [-0.4, -0.2) is 44.5 Å². The van der Waals surface area contributed by atoms with Crippen molar-refractivity contribution in [1.29, 1.82) is 0 Å². The van der Waals surface area contributed by atoms with E-state index in [0.29, 0.717) is 17.0 Å². The van der Waals surface area contributed by atoms with Gasteiger partial charge in [0.2, 0.25) is 0 Å². The molecule has 1 aromatic rings. The zero-order valence-electron chi connectivity index (χ0n) is 19.5. The average molecular weight is 498 g/mol. The maximum Gasteiger partial charge on any atom is 0.355 e. The number of ketones is 1. The Morgan fingerprint density at radius 1 is 1.06 bits per heavy atom. The van der Waals surface area contributed by atoms with Gasteiger partial charge < -0.3 is 19.1 Å². The number of halogens is 1. The molecule has 0 spiro atoms. The van der Waals surface area contributed by atoms with E-state index >= 15 is 0 Å². The van der Waals surface area contributed by atoms with Crippen molar-refractivity contribution >= 4 is 41.0 Å². The van der Waals surface area contributed by atoms with Gasteiger partial charge in [-0.3, -0.25) is 4.79 Å². The van der Waals surface area contributed by atoms with Crippen molar-refractivity contribution in [3.8, 4) is 0 Å². The molecule has 182 valence electrons. The molecule has 35 heavy (non-hydrogen) atoms. The SMILES string of the molecule is CCOC(=O)C1=CC(C2CC2)c2cc(Cl)c(N3C=CC=CC(C(=O)OC)=C3C(=O)OC)cc2C1=O. The van der Waals surface area contributed by atoms with Crippen LogP contribution in [0.1, 0.15) is 41.6 Å². The maximum atomic E-state index is 13.4. The van der Waals surface area contributed by atoms with Crippen molar-refractivity contribution in [2.45, 2.75) is 25.7 Å².